The number of hydrogen-bond acceptors (Lipinski definition) is 6. The number of ether oxygens (including phenoxy) is 1. The van der Waals surface area contributed by atoms with Gasteiger partial charge in [-0.1, -0.05) is 11.6 Å². The molecule has 0 radical (unpaired) electrons. The predicted molar refractivity (Wildman–Crippen MR) is 92.8 cm³/mol. The molecule has 0 aliphatic carbocycles. The number of hydrogen-bond donors (Lipinski definition) is 3. The zero-order valence-electron chi connectivity index (χ0n) is 13.9. The van der Waals surface area contributed by atoms with Crippen molar-refractivity contribution in [2.75, 3.05) is 5.32 Å². The first kappa shape index (κ1) is 19.2. The van der Waals surface area contributed by atoms with E-state index in [2.05, 4.69) is 16.0 Å². The van der Waals surface area contributed by atoms with Crippen molar-refractivity contribution in [3.05, 3.63) is 16.0 Å². The highest BCUT2D eigenvalue weighted by atomic mass is 35.5. The van der Waals surface area contributed by atoms with Gasteiger partial charge in [0.05, 0.1) is 9.90 Å². The molecule has 2 heterocycles. The number of thiophene rings is 1. The van der Waals surface area contributed by atoms with Gasteiger partial charge in [-0.25, -0.2) is 4.79 Å². The molecule has 1 aromatic heterocycles. The minimum Gasteiger partial charge on any atom is -0.444 e. The van der Waals surface area contributed by atoms with Crippen LogP contribution < -0.4 is 16.0 Å². The Bertz CT molecular complexity index is 725. The first-order chi connectivity index (χ1) is 11.5. The topological polar surface area (TPSA) is 114 Å². The summed E-state index contributed by atoms with van der Waals surface area (Å²) in [5.41, 5.74) is -0.578. The molecule has 25 heavy (non-hydrogen) atoms. The van der Waals surface area contributed by atoms with Crippen molar-refractivity contribution in [2.24, 2.45) is 0 Å². The van der Waals surface area contributed by atoms with Crippen LogP contribution in [0.3, 0.4) is 0 Å². The fraction of sp³-hybridized carbons (Fsp3) is 0.467. The van der Waals surface area contributed by atoms with Gasteiger partial charge < -0.3 is 10.1 Å². The van der Waals surface area contributed by atoms with E-state index in [0.29, 0.717) is 4.34 Å². The van der Waals surface area contributed by atoms with E-state index in [1.807, 2.05) is 0 Å². The van der Waals surface area contributed by atoms with Gasteiger partial charge in [0, 0.05) is 6.42 Å². The maximum absolute atomic E-state index is 12.4. The minimum absolute atomic E-state index is 0.116. The van der Waals surface area contributed by atoms with Crippen molar-refractivity contribution < 1.29 is 23.9 Å². The lowest BCUT2D eigenvalue weighted by Gasteiger charge is -2.22. The number of amides is 4. The van der Waals surface area contributed by atoms with Crippen LogP contribution in [0.1, 0.15) is 44.0 Å². The van der Waals surface area contributed by atoms with E-state index in [0.717, 1.165) is 11.3 Å². The van der Waals surface area contributed by atoms with Crippen LogP contribution in [0.5, 0.6) is 0 Å². The van der Waals surface area contributed by atoms with E-state index in [9.17, 15) is 19.2 Å². The quantitative estimate of drug-likeness (QED) is 0.688. The Morgan fingerprint density at radius 1 is 1.36 bits per heavy atom. The smallest absolute Gasteiger partial charge is 0.412 e. The van der Waals surface area contributed by atoms with Gasteiger partial charge in [-0.15, -0.1) is 11.3 Å². The second-order valence-corrected chi connectivity index (χ2v) is 8.08. The normalized spacial score (nSPS) is 17.7. The van der Waals surface area contributed by atoms with Crippen molar-refractivity contribution in [3.8, 4) is 0 Å². The molecule has 136 valence electrons. The Kier molecular flexibility index (Phi) is 5.69. The molecule has 1 aromatic rings. The first-order valence-corrected chi connectivity index (χ1v) is 8.68. The zero-order valence-corrected chi connectivity index (χ0v) is 15.5. The Labute approximate surface area is 153 Å². The average Bonchev–Trinajstić information content (AvgIpc) is 2.80. The van der Waals surface area contributed by atoms with E-state index < -0.39 is 29.6 Å². The molecule has 0 saturated carbocycles. The molecule has 1 fully saturated rings. The highest BCUT2D eigenvalue weighted by Gasteiger charge is 2.29. The van der Waals surface area contributed by atoms with Gasteiger partial charge in [0.2, 0.25) is 11.8 Å². The van der Waals surface area contributed by atoms with Crippen LogP contribution in [0.15, 0.2) is 6.07 Å². The molecule has 0 aromatic carbocycles. The molecule has 1 atom stereocenters. The molecular weight excluding hydrogens is 370 g/mol. The highest BCUT2D eigenvalue weighted by Crippen LogP contribution is 2.32. The Hall–Kier alpha value is -2.13. The Balaban J connectivity index is 2.08. The molecule has 2 rings (SSSR count). The van der Waals surface area contributed by atoms with Crippen molar-refractivity contribution >= 4 is 51.8 Å². The second-order valence-electron chi connectivity index (χ2n) is 6.40. The average molecular weight is 388 g/mol. The van der Waals surface area contributed by atoms with Crippen LogP contribution >= 0.6 is 22.9 Å². The summed E-state index contributed by atoms with van der Waals surface area (Å²) in [4.78, 5) is 47.2. The molecule has 0 bridgehead atoms. The van der Waals surface area contributed by atoms with Gasteiger partial charge in [-0.05, 0) is 33.3 Å². The largest absolute Gasteiger partial charge is 0.444 e. The maximum atomic E-state index is 12.4. The van der Waals surface area contributed by atoms with E-state index >= 15 is 0 Å². The number of imide groups is 1. The van der Waals surface area contributed by atoms with Crippen LogP contribution in [0.25, 0.3) is 0 Å². The van der Waals surface area contributed by atoms with Crippen LogP contribution in [0, 0.1) is 0 Å². The fourth-order valence-electron chi connectivity index (χ4n) is 2.09. The Morgan fingerprint density at radius 2 is 2.04 bits per heavy atom. The molecule has 1 aliphatic rings. The number of carbonyl (C=O) groups excluding carboxylic acids is 4. The zero-order chi connectivity index (χ0) is 18.8. The number of rotatable bonds is 3. The van der Waals surface area contributed by atoms with Crippen LogP contribution in [-0.2, 0) is 14.3 Å². The third-order valence-corrected chi connectivity index (χ3v) is 4.29. The first-order valence-electron chi connectivity index (χ1n) is 7.49. The van der Waals surface area contributed by atoms with E-state index in [1.165, 1.54) is 6.07 Å². The summed E-state index contributed by atoms with van der Waals surface area (Å²) in [6.45, 7) is 5.14. The van der Waals surface area contributed by atoms with Crippen molar-refractivity contribution in [1.29, 1.82) is 0 Å². The third-order valence-electron chi connectivity index (χ3n) is 3.11. The van der Waals surface area contributed by atoms with Crippen molar-refractivity contribution in [2.45, 2.75) is 45.3 Å². The lowest BCUT2D eigenvalue weighted by Crippen LogP contribution is -2.52. The van der Waals surface area contributed by atoms with Crippen molar-refractivity contribution in [1.82, 2.24) is 10.6 Å². The van der Waals surface area contributed by atoms with E-state index in [1.54, 1.807) is 20.8 Å². The third kappa shape index (κ3) is 5.43. The van der Waals surface area contributed by atoms with Gasteiger partial charge in [0.1, 0.15) is 16.6 Å². The van der Waals surface area contributed by atoms with Crippen LogP contribution in [0.2, 0.25) is 4.34 Å². The monoisotopic (exact) mass is 387 g/mol. The minimum atomic E-state index is -0.821. The predicted octanol–water partition coefficient (Wildman–Crippen LogP) is 2.28. The summed E-state index contributed by atoms with van der Waals surface area (Å²) in [5.74, 6) is -1.52. The second kappa shape index (κ2) is 7.40. The number of anilines is 1. The molecular formula is C15H18ClN3O5S. The number of nitrogens with one attached hydrogen (secondary N) is 3. The summed E-state index contributed by atoms with van der Waals surface area (Å²) in [6.07, 6.45) is -0.367. The van der Waals surface area contributed by atoms with Gasteiger partial charge in [-0.3, -0.25) is 25.0 Å². The molecule has 4 amide bonds. The molecule has 10 heteroatoms. The lowest BCUT2D eigenvalue weighted by atomic mass is 10.1. The van der Waals surface area contributed by atoms with E-state index in [4.69, 9.17) is 16.3 Å². The maximum Gasteiger partial charge on any atom is 0.412 e. The summed E-state index contributed by atoms with van der Waals surface area (Å²) >= 11 is 6.94. The summed E-state index contributed by atoms with van der Waals surface area (Å²) in [7, 11) is 0. The molecule has 1 unspecified atom stereocenters. The lowest BCUT2D eigenvalue weighted by molar-refractivity contribution is -0.134. The summed E-state index contributed by atoms with van der Waals surface area (Å²) in [6, 6.07) is 0.568. The Morgan fingerprint density at radius 3 is 2.64 bits per heavy atom. The fourth-order valence-corrected chi connectivity index (χ4v) is 3.19. The van der Waals surface area contributed by atoms with Crippen LogP contribution in [-0.4, -0.2) is 35.5 Å². The van der Waals surface area contributed by atoms with Gasteiger partial charge in [-0.2, -0.15) is 0 Å². The highest BCUT2D eigenvalue weighted by molar-refractivity contribution is 7.20. The molecule has 8 nitrogen and oxygen atoms in total. The van der Waals surface area contributed by atoms with E-state index in [-0.39, 0.29) is 29.3 Å². The van der Waals surface area contributed by atoms with Gasteiger partial charge >= 0.3 is 6.09 Å². The van der Waals surface area contributed by atoms with Crippen LogP contribution in [0.4, 0.5) is 9.80 Å². The molecule has 1 saturated heterocycles. The molecule has 1 aliphatic heterocycles. The standard InChI is InChI=1S/C15H18ClN3O5S/c1-15(2,3)24-14(23)19-13-7(6-9(16)25-13)11(21)17-8-4-5-10(20)18-12(8)22/h6,8H,4-5H2,1-3H3,(H,17,21)(H,19,23)(H,18,20,22). The summed E-state index contributed by atoms with van der Waals surface area (Å²) < 4.78 is 5.44. The SMILES string of the molecule is CC(C)(C)OC(=O)Nc1sc(Cl)cc1C(=O)NC1CCC(=O)NC1=O. The van der Waals surface area contributed by atoms with Crippen molar-refractivity contribution in [3.63, 3.8) is 0 Å². The number of carbonyl (C=O) groups is 4. The molecule has 3 N–H and O–H groups in total. The molecule has 0 spiro atoms. The number of piperidine rings is 1. The number of halogens is 1. The summed E-state index contributed by atoms with van der Waals surface area (Å²) in [5, 5.41) is 7.39. The van der Waals surface area contributed by atoms with Gasteiger partial charge in [0.25, 0.3) is 5.91 Å². The van der Waals surface area contributed by atoms with Gasteiger partial charge in [0.15, 0.2) is 0 Å².